The standard InChI is InChI=1S/C16H21N3/c17-15-11-18-19(12-15)16(13-7-3-1-4-8-13)14-9-5-2-6-10-14/h1,3-4,7-8,11-12,14,16H,2,5-6,9-10,17H2. The Kier molecular flexibility index (Phi) is 3.53. The normalized spacial score (nSPS) is 18.3. The van der Waals surface area contributed by atoms with Gasteiger partial charge in [0, 0.05) is 6.20 Å². The average molecular weight is 255 g/mol. The Hall–Kier alpha value is -1.77. The van der Waals surface area contributed by atoms with E-state index in [1.807, 2.05) is 6.20 Å². The van der Waals surface area contributed by atoms with Crippen LogP contribution >= 0.6 is 0 Å². The van der Waals surface area contributed by atoms with Gasteiger partial charge >= 0.3 is 0 Å². The fraction of sp³-hybridized carbons (Fsp3) is 0.438. The molecule has 0 saturated heterocycles. The summed E-state index contributed by atoms with van der Waals surface area (Å²) >= 11 is 0. The van der Waals surface area contributed by atoms with E-state index in [-0.39, 0.29) is 0 Å². The maximum Gasteiger partial charge on any atom is 0.0797 e. The first-order valence-corrected chi connectivity index (χ1v) is 7.19. The molecule has 0 spiro atoms. The molecule has 2 aromatic rings. The minimum atomic E-state index is 0.332. The van der Waals surface area contributed by atoms with E-state index in [4.69, 9.17) is 5.73 Å². The van der Waals surface area contributed by atoms with Crippen LogP contribution in [0.1, 0.15) is 43.7 Å². The summed E-state index contributed by atoms with van der Waals surface area (Å²) in [6.45, 7) is 0. The predicted molar refractivity (Wildman–Crippen MR) is 77.8 cm³/mol. The van der Waals surface area contributed by atoms with Gasteiger partial charge in [0.25, 0.3) is 0 Å². The second kappa shape index (κ2) is 5.47. The molecule has 0 radical (unpaired) electrons. The second-order valence-corrected chi connectivity index (χ2v) is 5.51. The van der Waals surface area contributed by atoms with Crippen LogP contribution in [0.15, 0.2) is 42.7 Å². The van der Waals surface area contributed by atoms with Gasteiger partial charge in [-0.05, 0) is 24.3 Å². The van der Waals surface area contributed by atoms with Gasteiger partial charge in [0.05, 0.1) is 17.9 Å². The summed E-state index contributed by atoms with van der Waals surface area (Å²) < 4.78 is 2.06. The van der Waals surface area contributed by atoms with Crippen molar-refractivity contribution in [1.82, 2.24) is 9.78 Å². The van der Waals surface area contributed by atoms with E-state index in [9.17, 15) is 0 Å². The Labute approximate surface area is 114 Å². The fourth-order valence-corrected chi connectivity index (χ4v) is 3.25. The number of anilines is 1. The van der Waals surface area contributed by atoms with Gasteiger partial charge in [-0.2, -0.15) is 5.10 Å². The first-order chi connectivity index (χ1) is 9.34. The van der Waals surface area contributed by atoms with Gasteiger partial charge < -0.3 is 5.73 Å². The van der Waals surface area contributed by atoms with Crippen LogP contribution < -0.4 is 5.73 Å². The van der Waals surface area contributed by atoms with E-state index < -0.39 is 0 Å². The molecule has 3 nitrogen and oxygen atoms in total. The van der Waals surface area contributed by atoms with Crippen LogP contribution in [-0.2, 0) is 0 Å². The number of hydrogen-bond acceptors (Lipinski definition) is 2. The quantitative estimate of drug-likeness (QED) is 0.910. The first-order valence-electron chi connectivity index (χ1n) is 7.19. The zero-order chi connectivity index (χ0) is 13.1. The van der Waals surface area contributed by atoms with Crippen molar-refractivity contribution < 1.29 is 0 Å². The lowest BCUT2D eigenvalue weighted by Crippen LogP contribution is -2.23. The molecule has 1 aromatic carbocycles. The lowest BCUT2D eigenvalue weighted by Gasteiger charge is -2.30. The average Bonchev–Trinajstić information content (AvgIpc) is 2.88. The largest absolute Gasteiger partial charge is 0.396 e. The van der Waals surface area contributed by atoms with Crippen LogP contribution in [0, 0.1) is 5.92 Å². The minimum Gasteiger partial charge on any atom is -0.396 e. The monoisotopic (exact) mass is 255 g/mol. The van der Waals surface area contributed by atoms with Crippen LogP contribution in [-0.4, -0.2) is 9.78 Å². The SMILES string of the molecule is Nc1cnn(C(c2ccccc2)C2CCCCC2)c1. The molecule has 1 aromatic heterocycles. The summed E-state index contributed by atoms with van der Waals surface area (Å²) in [5.41, 5.74) is 7.93. The highest BCUT2D eigenvalue weighted by atomic mass is 15.3. The molecule has 2 N–H and O–H groups in total. The van der Waals surface area contributed by atoms with Crippen molar-refractivity contribution in [2.24, 2.45) is 5.92 Å². The van der Waals surface area contributed by atoms with Crippen molar-refractivity contribution in [2.75, 3.05) is 5.73 Å². The number of nitrogens with two attached hydrogens (primary N) is 1. The van der Waals surface area contributed by atoms with Gasteiger partial charge in [0.15, 0.2) is 0 Å². The van der Waals surface area contributed by atoms with Crippen LogP contribution in [0.5, 0.6) is 0 Å². The van der Waals surface area contributed by atoms with Crippen molar-refractivity contribution in [1.29, 1.82) is 0 Å². The molecule has 3 rings (SSSR count). The molecule has 1 aliphatic rings. The van der Waals surface area contributed by atoms with Gasteiger partial charge in [0.1, 0.15) is 0 Å². The zero-order valence-corrected chi connectivity index (χ0v) is 11.2. The van der Waals surface area contributed by atoms with E-state index in [1.54, 1.807) is 6.20 Å². The van der Waals surface area contributed by atoms with Crippen LogP contribution in [0.3, 0.4) is 0 Å². The molecular formula is C16H21N3. The summed E-state index contributed by atoms with van der Waals surface area (Å²) in [7, 11) is 0. The Bertz CT molecular complexity index is 512. The molecule has 0 amide bonds. The number of nitrogen functional groups attached to an aromatic ring is 1. The van der Waals surface area contributed by atoms with Crippen LogP contribution in [0.4, 0.5) is 5.69 Å². The fourth-order valence-electron chi connectivity index (χ4n) is 3.25. The summed E-state index contributed by atoms with van der Waals surface area (Å²) in [6.07, 6.45) is 10.3. The Morgan fingerprint density at radius 2 is 1.84 bits per heavy atom. The number of rotatable bonds is 3. The molecule has 1 heterocycles. The first kappa shape index (κ1) is 12.3. The highest BCUT2D eigenvalue weighted by Crippen LogP contribution is 2.36. The molecule has 19 heavy (non-hydrogen) atoms. The van der Waals surface area contributed by atoms with E-state index in [2.05, 4.69) is 40.1 Å². The lowest BCUT2D eigenvalue weighted by atomic mass is 9.81. The van der Waals surface area contributed by atoms with Crippen molar-refractivity contribution in [3.63, 3.8) is 0 Å². The van der Waals surface area contributed by atoms with Crippen molar-refractivity contribution in [2.45, 2.75) is 38.1 Å². The predicted octanol–water partition coefficient (Wildman–Crippen LogP) is 3.64. The number of benzene rings is 1. The molecule has 1 atom stereocenters. The molecule has 100 valence electrons. The highest BCUT2D eigenvalue weighted by molar-refractivity contribution is 5.32. The number of hydrogen-bond donors (Lipinski definition) is 1. The summed E-state index contributed by atoms with van der Waals surface area (Å²) in [4.78, 5) is 0. The highest BCUT2D eigenvalue weighted by Gasteiger charge is 2.26. The van der Waals surface area contributed by atoms with E-state index in [1.165, 1.54) is 37.7 Å². The van der Waals surface area contributed by atoms with E-state index >= 15 is 0 Å². The zero-order valence-electron chi connectivity index (χ0n) is 11.2. The Morgan fingerprint density at radius 1 is 1.11 bits per heavy atom. The van der Waals surface area contributed by atoms with E-state index in [0.717, 1.165) is 5.69 Å². The molecule has 1 unspecified atom stereocenters. The summed E-state index contributed by atoms with van der Waals surface area (Å²) in [5.74, 6) is 0.676. The molecule has 0 aliphatic heterocycles. The third kappa shape index (κ3) is 2.65. The van der Waals surface area contributed by atoms with Gasteiger partial charge in [-0.15, -0.1) is 0 Å². The maximum atomic E-state index is 5.84. The van der Waals surface area contributed by atoms with Crippen molar-refractivity contribution >= 4 is 5.69 Å². The second-order valence-electron chi connectivity index (χ2n) is 5.51. The van der Waals surface area contributed by atoms with Gasteiger partial charge in [-0.25, -0.2) is 0 Å². The number of aromatic nitrogens is 2. The molecule has 1 saturated carbocycles. The van der Waals surface area contributed by atoms with Gasteiger partial charge in [0.2, 0.25) is 0 Å². The van der Waals surface area contributed by atoms with Gasteiger partial charge in [-0.3, -0.25) is 4.68 Å². The minimum absolute atomic E-state index is 0.332. The number of nitrogens with zero attached hydrogens (tertiary/aromatic N) is 2. The third-order valence-corrected chi connectivity index (χ3v) is 4.14. The summed E-state index contributed by atoms with van der Waals surface area (Å²) in [6, 6.07) is 11.0. The molecule has 1 aliphatic carbocycles. The molecule has 0 bridgehead atoms. The van der Waals surface area contributed by atoms with Crippen LogP contribution in [0.2, 0.25) is 0 Å². The van der Waals surface area contributed by atoms with Gasteiger partial charge in [-0.1, -0.05) is 49.6 Å². The van der Waals surface area contributed by atoms with E-state index in [0.29, 0.717) is 12.0 Å². The molecular weight excluding hydrogens is 234 g/mol. The lowest BCUT2D eigenvalue weighted by molar-refractivity contribution is 0.266. The molecule has 3 heteroatoms. The summed E-state index contributed by atoms with van der Waals surface area (Å²) in [5, 5.41) is 4.46. The third-order valence-electron chi connectivity index (χ3n) is 4.14. The maximum absolute atomic E-state index is 5.84. The smallest absolute Gasteiger partial charge is 0.0797 e. The Morgan fingerprint density at radius 3 is 2.47 bits per heavy atom. The van der Waals surface area contributed by atoms with Crippen molar-refractivity contribution in [3.05, 3.63) is 48.3 Å². The van der Waals surface area contributed by atoms with Crippen molar-refractivity contribution in [3.8, 4) is 0 Å². The molecule has 1 fully saturated rings. The van der Waals surface area contributed by atoms with Crippen LogP contribution in [0.25, 0.3) is 0 Å². The Balaban J connectivity index is 1.95. The topological polar surface area (TPSA) is 43.8 Å².